The van der Waals surface area contributed by atoms with E-state index in [2.05, 4.69) is 20.9 Å². The molecule has 0 saturated heterocycles. The van der Waals surface area contributed by atoms with Crippen molar-refractivity contribution in [2.45, 2.75) is 70.1 Å². The first-order valence-electron chi connectivity index (χ1n) is 14.3. The summed E-state index contributed by atoms with van der Waals surface area (Å²) in [5, 5.41) is 36.9. The number of carbonyl (C=O) groups is 5. The SMILES string of the molecule is CC(C)CC(NC(=O)C(Cc1ccc(O)cc1)NC(=O)C(Cc1c[nH]c2ccccc12)NC(=O)C(N)CCC(=O)O)C(=O)O. The number of aliphatic carboxylic acids is 2. The van der Waals surface area contributed by atoms with Gasteiger partial charge in [0, 0.05) is 36.4 Å². The number of benzene rings is 2. The maximum absolute atomic E-state index is 13.8. The number of para-hydroxylation sites is 1. The molecule has 44 heavy (non-hydrogen) atoms. The van der Waals surface area contributed by atoms with E-state index in [0.717, 1.165) is 10.9 Å². The third kappa shape index (κ3) is 9.83. The van der Waals surface area contributed by atoms with Gasteiger partial charge in [-0.25, -0.2) is 4.79 Å². The fourth-order valence-corrected chi connectivity index (χ4v) is 4.73. The highest BCUT2D eigenvalue weighted by atomic mass is 16.4. The molecule has 3 rings (SSSR count). The average molecular weight is 610 g/mol. The summed E-state index contributed by atoms with van der Waals surface area (Å²) in [5.74, 6) is -4.60. The second-order valence-electron chi connectivity index (χ2n) is 11.1. The maximum atomic E-state index is 13.8. The Morgan fingerprint density at radius 2 is 1.41 bits per heavy atom. The van der Waals surface area contributed by atoms with Crippen LogP contribution in [0.4, 0.5) is 0 Å². The summed E-state index contributed by atoms with van der Waals surface area (Å²) < 4.78 is 0. The van der Waals surface area contributed by atoms with Gasteiger partial charge in [0.1, 0.15) is 23.9 Å². The van der Waals surface area contributed by atoms with Gasteiger partial charge in [-0.2, -0.15) is 0 Å². The molecule has 1 heterocycles. The Hall–Kier alpha value is -4.91. The lowest BCUT2D eigenvalue weighted by Gasteiger charge is -2.26. The van der Waals surface area contributed by atoms with Gasteiger partial charge >= 0.3 is 11.9 Å². The van der Waals surface area contributed by atoms with E-state index in [1.165, 1.54) is 12.1 Å². The molecule has 0 aliphatic carbocycles. The Bertz CT molecular complexity index is 1470. The summed E-state index contributed by atoms with van der Waals surface area (Å²) in [6, 6.07) is 8.46. The summed E-state index contributed by atoms with van der Waals surface area (Å²) in [6.07, 6.45) is 1.33. The van der Waals surface area contributed by atoms with E-state index in [-0.39, 0.29) is 43.8 Å². The number of hydrogen-bond acceptors (Lipinski definition) is 7. The standard InChI is InChI=1S/C31H39N5O8/c1-17(2)13-26(31(43)44)36-29(41)24(14-18-7-9-20(37)10-8-18)35-30(42)25(34-28(40)22(32)11-12-27(38)39)15-19-16-33-23-6-4-3-5-21(19)23/h3-10,16-17,22,24-26,33,37H,11-15,32H2,1-2H3,(H,34,40)(H,35,42)(H,36,41)(H,38,39)(H,43,44). The van der Waals surface area contributed by atoms with E-state index < -0.39 is 53.8 Å². The summed E-state index contributed by atoms with van der Waals surface area (Å²) in [6.45, 7) is 3.63. The van der Waals surface area contributed by atoms with Crippen molar-refractivity contribution in [1.29, 1.82) is 0 Å². The molecular formula is C31H39N5O8. The molecule has 236 valence electrons. The number of carbonyl (C=O) groups excluding carboxylic acids is 3. The first kappa shape index (κ1) is 33.6. The van der Waals surface area contributed by atoms with Crippen molar-refractivity contribution in [3.8, 4) is 5.75 Å². The lowest BCUT2D eigenvalue weighted by molar-refractivity contribution is -0.143. The van der Waals surface area contributed by atoms with E-state index >= 15 is 0 Å². The third-order valence-corrected chi connectivity index (χ3v) is 7.07. The predicted octanol–water partition coefficient (Wildman–Crippen LogP) is 1.44. The van der Waals surface area contributed by atoms with Crippen LogP contribution < -0.4 is 21.7 Å². The van der Waals surface area contributed by atoms with Crippen LogP contribution in [0.2, 0.25) is 0 Å². The van der Waals surface area contributed by atoms with Crippen LogP contribution in [-0.2, 0) is 36.8 Å². The Labute approximate surface area is 254 Å². The number of phenols is 1. The van der Waals surface area contributed by atoms with E-state index in [9.17, 15) is 34.2 Å². The fraction of sp³-hybridized carbons (Fsp3) is 0.387. The fourth-order valence-electron chi connectivity index (χ4n) is 4.73. The van der Waals surface area contributed by atoms with Crippen molar-refractivity contribution in [3.05, 3.63) is 65.9 Å². The van der Waals surface area contributed by atoms with Gasteiger partial charge in [-0.1, -0.05) is 44.2 Å². The van der Waals surface area contributed by atoms with Crippen LogP contribution in [-0.4, -0.2) is 74.1 Å². The van der Waals surface area contributed by atoms with E-state index in [1.807, 2.05) is 38.1 Å². The summed E-state index contributed by atoms with van der Waals surface area (Å²) in [4.78, 5) is 66.1. The van der Waals surface area contributed by atoms with Crippen LogP contribution in [0.5, 0.6) is 5.75 Å². The first-order chi connectivity index (χ1) is 20.8. The van der Waals surface area contributed by atoms with Crippen molar-refractivity contribution in [2.24, 2.45) is 11.7 Å². The summed E-state index contributed by atoms with van der Waals surface area (Å²) in [7, 11) is 0. The number of hydrogen-bond donors (Lipinski definition) is 8. The lowest BCUT2D eigenvalue weighted by Crippen LogP contribution is -2.58. The average Bonchev–Trinajstić information content (AvgIpc) is 3.38. The minimum absolute atomic E-state index is 0.00223. The monoisotopic (exact) mass is 609 g/mol. The van der Waals surface area contributed by atoms with E-state index in [1.54, 1.807) is 18.3 Å². The molecule has 0 bridgehead atoms. The second-order valence-corrected chi connectivity index (χ2v) is 11.1. The van der Waals surface area contributed by atoms with Crippen LogP contribution in [0.15, 0.2) is 54.7 Å². The molecule has 4 unspecified atom stereocenters. The van der Waals surface area contributed by atoms with E-state index in [0.29, 0.717) is 11.1 Å². The van der Waals surface area contributed by atoms with Gasteiger partial charge in [-0.3, -0.25) is 19.2 Å². The van der Waals surface area contributed by atoms with Crippen molar-refractivity contribution < 1.29 is 39.3 Å². The van der Waals surface area contributed by atoms with Crippen molar-refractivity contribution in [2.75, 3.05) is 0 Å². The zero-order valence-corrected chi connectivity index (χ0v) is 24.6. The minimum Gasteiger partial charge on any atom is -0.508 e. The van der Waals surface area contributed by atoms with E-state index in [4.69, 9.17) is 10.8 Å². The molecule has 0 aliphatic rings. The van der Waals surface area contributed by atoms with Crippen LogP contribution in [0.25, 0.3) is 10.9 Å². The number of nitrogens with one attached hydrogen (secondary N) is 4. The predicted molar refractivity (Wildman–Crippen MR) is 162 cm³/mol. The van der Waals surface area contributed by atoms with Crippen LogP contribution >= 0.6 is 0 Å². The number of rotatable bonds is 16. The highest BCUT2D eigenvalue weighted by molar-refractivity contribution is 5.95. The Balaban J connectivity index is 1.90. The number of phenolic OH excluding ortho intramolecular Hbond substituents is 1. The number of nitrogens with two attached hydrogens (primary N) is 1. The molecule has 2 aromatic carbocycles. The third-order valence-electron chi connectivity index (χ3n) is 7.07. The Morgan fingerprint density at radius 3 is 2.02 bits per heavy atom. The number of carboxylic acids is 2. The van der Waals surface area contributed by atoms with Crippen molar-refractivity contribution in [3.63, 3.8) is 0 Å². The van der Waals surface area contributed by atoms with Crippen molar-refractivity contribution >= 4 is 40.6 Å². The quantitative estimate of drug-likeness (QED) is 0.117. The van der Waals surface area contributed by atoms with Gasteiger partial charge in [0.2, 0.25) is 17.7 Å². The molecule has 0 aliphatic heterocycles. The molecular weight excluding hydrogens is 570 g/mol. The molecule has 9 N–H and O–H groups in total. The normalized spacial score (nSPS) is 13.9. The highest BCUT2D eigenvalue weighted by Gasteiger charge is 2.31. The number of aromatic amines is 1. The van der Waals surface area contributed by atoms with Crippen LogP contribution in [0.1, 0.15) is 44.2 Å². The highest BCUT2D eigenvalue weighted by Crippen LogP contribution is 2.20. The number of aromatic hydroxyl groups is 1. The zero-order chi connectivity index (χ0) is 32.4. The summed E-state index contributed by atoms with van der Waals surface area (Å²) in [5.41, 5.74) is 7.99. The molecule has 13 nitrogen and oxygen atoms in total. The first-order valence-corrected chi connectivity index (χ1v) is 14.3. The topological polar surface area (TPSA) is 224 Å². The van der Waals surface area contributed by atoms with Gasteiger partial charge in [-0.05, 0) is 48.1 Å². The number of H-pyrrole nitrogens is 1. The van der Waals surface area contributed by atoms with Gasteiger partial charge in [0.25, 0.3) is 0 Å². The second kappa shape index (κ2) is 15.5. The zero-order valence-electron chi connectivity index (χ0n) is 24.6. The molecule has 1 aromatic heterocycles. The number of fused-ring (bicyclic) bond motifs is 1. The Kier molecular flexibility index (Phi) is 11.9. The molecule has 13 heteroatoms. The molecule has 0 spiro atoms. The van der Waals surface area contributed by atoms with Crippen molar-refractivity contribution in [1.82, 2.24) is 20.9 Å². The van der Waals surface area contributed by atoms with Gasteiger partial charge in [0.05, 0.1) is 6.04 Å². The molecule has 4 atom stereocenters. The number of aromatic nitrogens is 1. The molecule has 3 aromatic rings. The van der Waals surface area contributed by atoms with Crippen LogP contribution in [0.3, 0.4) is 0 Å². The smallest absolute Gasteiger partial charge is 0.326 e. The van der Waals surface area contributed by atoms with Gasteiger partial charge in [0.15, 0.2) is 0 Å². The van der Waals surface area contributed by atoms with Gasteiger partial charge < -0.3 is 42.0 Å². The minimum atomic E-state index is -1.25. The largest absolute Gasteiger partial charge is 0.508 e. The molecule has 0 saturated carbocycles. The van der Waals surface area contributed by atoms with Crippen LogP contribution in [0, 0.1) is 5.92 Å². The summed E-state index contributed by atoms with van der Waals surface area (Å²) >= 11 is 0. The molecule has 0 fully saturated rings. The Morgan fingerprint density at radius 1 is 0.818 bits per heavy atom. The number of amides is 3. The van der Waals surface area contributed by atoms with Gasteiger partial charge in [-0.15, -0.1) is 0 Å². The maximum Gasteiger partial charge on any atom is 0.326 e. The lowest BCUT2D eigenvalue weighted by atomic mass is 10.00. The molecule has 3 amide bonds. The number of carboxylic acid groups (broad SMARTS) is 2. The molecule has 0 radical (unpaired) electrons.